The van der Waals surface area contributed by atoms with Gasteiger partial charge in [0.2, 0.25) is 5.78 Å². The molecular weight excluding hydrogens is 242 g/mol. The van der Waals surface area contributed by atoms with Crippen molar-refractivity contribution >= 4 is 11.5 Å². The van der Waals surface area contributed by atoms with Crippen LogP contribution in [0.4, 0.5) is 5.69 Å². The van der Waals surface area contributed by atoms with Crippen molar-refractivity contribution in [2.75, 3.05) is 5.32 Å². The maximum Gasteiger partial charge on any atom is 0.222 e. The Bertz CT molecular complexity index is 626. The van der Waals surface area contributed by atoms with Gasteiger partial charge in [0.05, 0.1) is 0 Å². The molecule has 0 bridgehead atoms. The van der Waals surface area contributed by atoms with E-state index < -0.39 is 0 Å². The summed E-state index contributed by atoms with van der Waals surface area (Å²) in [6.45, 7) is 3.57. The number of hydrogen-bond acceptors (Lipinski definition) is 4. The molecule has 0 spiro atoms. The van der Waals surface area contributed by atoms with Crippen LogP contribution in [0, 0.1) is 6.92 Å². The smallest absolute Gasteiger partial charge is 0.222 e. The van der Waals surface area contributed by atoms with E-state index in [4.69, 9.17) is 4.42 Å². The van der Waals surface area contributed by atoms with Gasteiger partial charge in [0.15, 0.2) is 5.76 Å². The number of phenols is 1. The van der Waals surface area contributed by atoms with Crippen molar-refractivity contribution in [1.29, 1.82) is 0 Å². The highest BCUT2D eigenvalue weighted by molar-refractivity contribution is 6.03. The van der Waals surface area contributed by atoms with Gasteiger partial charge in [-0.25, -0.2) is 0 Å². The molecule has 4 heteroatoms. The van der Waals surface area contributed by atoms with E-state index in [0.29, 0.717) is 17.2 Å². The van der Waals surface area contributed by atoms with Crippen LogP contribution in [-0.2, 0) is 0 Å². The third-order valence-electron chi connectivity index (χ3n) is 2.52. The molecule has 0 radical (unpaired) electrons. The van der Waals surface area contributed by atoms with E-state index in [1.165, 1.54) is 6.08 Å². The summed E-state index contributed by atoms with van der Waals surface area (Å²) in [5.74, 6) is 0.994. The minimum Gasteiger partial charge on any atom is -0.508 e. The lowest BCUT2D eigenvalue weighted by atomic mass is 10.2. The molecule has 1 aromatic heterocycles. The average molecular weight is 257 g/mol. The van der Waals surface area contributed by atoms with Crippen molar-refractivity contribution < 1.29 is 14.3 Å². The van der Waals surface area contributed by atoms with Crippen LogP contribution in [-0.4, -0.2) is 10.9 Å². The van der Waals surface area contributed by atoms with Crippen LogP contribution >= 0.6 is 0 Å². The number of carbonyl (C=O) groups is 1. The van der Waals surface area contributed by atoms with Crippen molar-refractivity contribution in [3.8, 4) is 5.75 Å². The Balaban J connectivity index is 2.09. The van der Waals surface area contributed by atoms with Gasteiger partial charge in [0.1, 0.15) is 11.5 Å². The number of carbonyl (C=O) groups excluding carboxylic acids is 1. The van der Waals surface area contributed by atoms with E-state index in [2.05, 4.69) is 5.32 Å². The second-order valence-electron chi connectivity index (χ2n) is 4.28. The van der Waals surface area contributed by atoms with E-state index in [1.54, 1.807) is 50.2 Å². The zero-order valence-electron chi connectivity index (χ0n) is 10.8. The summed E-state index contributed by atoms with van der Waals surface area (Å²) < 4.78 is 5.25. The summed E-state index contributed by atoms with van der Waals surface area (Å²) in [6, 6.07) is 10.1. The van der Waals surface area contributed by atoms with E-state index in [0.717, 1.165) is 5.69 Å². The number of aryl methyl sites for hydroxylation is 1. The average Bonchev–Trinajstić information content (AvgIpc) is 2.75. The minimum absolute atomic E-state index is 0.172. The zero-order valence-corrected chi connectivity index (χ0v) is 10.8. The van der Waals surface area contributed by atoms with Crippen LogP contribution in [0.1, 0.15) is 23.2 Å². The molecule has 4 nitrogen and oxygen atoms in total. The molecule has 0 aliphatic carbocycles. The minimum atomic E-state index is -0.196. The second kappa shape index (κ2) is 5.44. The third-order valence-corrected chi connectivity index (χ3v) is 2.52. The van der Waals surface area contributed by atoms with Gasteiger partial charge < -0.3 is 14.8 Å². The standard InChI is InChI=1S/C15H15NO3/c1-10(16-12-4-3-5-13(17)9-12)8-14(18)15-7-6-11(2)19-15/h3-9,16-17H,1-2H3. The monoisotopic (exact) mass is 257 g/mol. The van der Waals surface area contributed by atoms with Crippen LogP contribution in [0.15, 0.2) is 52.6 Å². The second-order valence-corrected chi connectivity index (χ2v) is 4.28. The molecule has 0 aliphatic rings. The Kier molecular flexibility index (Phi) is 3.71. The number of hydrogen-bond donors (Lipinski definition) is 2. The van der Waals surface area contributed by atoms with Crippen molar-refractivity contribution in [3.05, 3.63) is 59.7 Å². The van der Waals surface area contributed by atoms with Crippen molar-refractivity contribution in [1.82, 2.24) is 0 Å². The summed E-state index contributed by atoms with van der Waals surface area (Å²) in [7, 11) is 0. The molecule has 2 aromatic rings. The number of rotatable bonds is 4. The lowest BCUT2D eigenvalue weighted by molar-refractivity contribution is 0.102. The molecule has 0 unspecified atom stereocenters. The molecule has 98 valence electrons. The fourth-order valence-corrected chi connectivity index (χ4v) is 1.68. The molecule has 0 aliphatic heterocycles. The fraction of sp³-hybridized carbons (Fsp3) is 0.133. The topological polar surface area (TPSA) is 62.5 Å². The van der Waals surface area contributed by atoms with Gasteiger partial charge in [-0.15, -0.1) is 0 Å². The summed E-state index contributed by atoms with van der Waals surface area (Å²) in [6.07, 6.45) is 1.46. The molecule has 0 fully saturated rings. The molecule has 0 amide bonds. The van der Waals surface area contributed by atoms with Gasteiger partial charge in [0, 0.05) is 23.5 Å². The third kappa shape index (κ3) is 3.48. The fourth-order valence-electron chi connectivity index (χ4n) is 1.68. The highest BCUT2D eigenvalue weighted by atomic mass is 16.3. The molecule has 1 heterocycles. The first-order chi connectivity index (χ1) is 9.04. The van der Waals surface area contributed by atoms with E-state index in [9.17, 15) is 9.90 Å². The molecular formula is C15H15NO3. The van der Waals surface area contributed by atoms with Crippen molar-refractivity contribution in [2.24, 2.45) is 0 Å². The molecule has 0 saturated carbocycles. The van der Waals surface area contributed by atoms with Crippen LogP contribution in [0.2, 0.25) is 0 Å². The molecule has 1 aromatic carbocycles. The van der Waals surface area contributed by atoms with Crippen LogP contribution < -0.4 is 5.32 Å². The van der Waals surface area contributed by atoms with Gasteiger partial charge in [-0.3, -0.25) is 4.79 Å². The molecule has 2 rings (SSSR count). The Labute approximate surface area is 111 Å². The predicted octanol–water partition coefficient (Wildman–Crippen LogP) is 3.49. The van der Waals surface area contributed by atoms with E-state index in [-0.39, 0.29) is 11.5 Å². The van der Waals surface area contributed by atoms with E-state index in [1.807, 2.05) is 0 Å². The number of ketones is 1. The van der Waals surface area contributed by atoms with E-state index >= 15 is 0 Å². The van der Waals surface area contributed by atoms with Crippen molar-refractivity contribution in [3.63, 3.8) is 0 Å². The van der Waals surface area contributed by atoms with Crippen LogP contribution in [0.25, 0.3) is 0 Å². The van der Waals surface area contributed by atoms with Crippen LogP contribution in [0.3, 0.4) is 0 Å². The number of benzene rings is 1. The first-order valence-electron chi connectivity index (χ1n) is 5.90. The quantitative estimate of drug-likeness (QED) is 0.650. The lowest BCUT2D eigenvalue weighted by Crippen LogP contribution is -2.00. The maximum atomic E-state index is 11.9. The normalized spacial score (nSPS) is 11.4. The summed E-state index contributed by atoms with van der Waals surface area (Å²) >= 11 is 0. The van der Waals surface area contributed by atoms with Gasteiger partial charge in [-0.05, 0) is 38.1 Å². The number of furan rings is 1. The highest BCUT2D eigenvalue weighted by Gasteiger charge is 2.07. The number of phenolic OH excluding ortho intramolecular Hbond substituents is 1. The molecule has 0 atom stereocenters. The number of anilines is 1. The van der Waals surface area contributed by atoms with Gasteiger partial charge >= 0.3 is 0 Å². The Hall–Kier alpha value is -2.49. The Morgan fingerprint density at radius 2 is 2.11 bits per heavy atom. The zero-order chi connectivity index (χ0) is 13.8. The number of nitrogens with one attached hydrogen (secondary N) is 1. The Morgan fingerprint density at radius 3 is 2.74 bits per heavy atom. The lowest BCUT2D eigenvalue weighted by Gasteiger charge is -2.06. The van der Waals surface area contributed by atoms with Gasteiger partial charge in [-0.1, -0.05) is 6.07 Å². The van der Waals surface area contributed by atoms with Crippen LogP contribution in [0.5, 0.6) is 5.75 Å². The largest absolute Gasteiger partial charge is 0.508 e. The summed E-state index contributed by atoms with van der Waals surface area (Å²) in [5, 5.41) is 12.4. The molecule has 19 heavy (non-hydrogen) atoms. The number of allylic oxidation sites excluding steroid dienone is 2. The van der Waals surface area contributed by atoms with Gasteiger partial charge in [-0.2, -0.15) is 0 Å². The Morgan fingerprint density at radius 1 is 1.32 bits per heavy atom. The maximum absolute atomic E-state index is 11.9. The first-order valence-corrected chi connectivity index (χ1v) is 5.90. The molecule has 2 N–H and O–H groups in total. The summed E-state index contributed by atoms with van der Waals surface area (Å²) in [5.41, 5.74) is 1.39. The van der Waals surface area contributed by atoms with Gasteiger partial charge in [0.25, 0.3) is 0 Å². The highest BCUT2D eigenvalue weighted by Crippen LogP contribution is 2.17. The SMILES string of the molecule is CC(=CC(=O)c1ccc(C)o1)Nc1cccc(O)c1. The predicted molar refractivity (Wildman–Crippen MR) is 73.3 cm³/mol. The summed E-state index contributed by atoms with van der Waals surface area (Å²) in [4.78, 5) is 11.9. The number of aromatic hydroxyl groups is 1. The molecule has 0 saturated heterocycles. The van der Waals surface area contributed by atoms with Crippen molar-refractivity contribution in [2.45, 2.75) is 13.8 Å². The first kappa shape index (κ1) is 13.0.